The molecule has 1 aromatic carbocycles. The van der Waals surface area contributed by atoms with Crippen LogP contribution in [0.4, 0.5) is 11.4 Å². The summed E-state index contributed by atoms with van der Waals surface area (Å²) in [6.45, 7) is 1.53. The van der Waals surface area contributed by atoms with Crippen molar-refractivity contribution < 1.29 is 23.9 Å². The van der Waals surface area contributed by atoms with Crippen molar-refractivity contribution in [2.45, 2.75) is 6.92 Å². The third-order valence-electron chi connectivity index (χ3n) is 2.36. The molecule has 0 aliphatic heterocycles. The Kier molecular flexibility index (Phi) is 5.32. The minimum Gasteiger partial charge on any atom is -0.461 e. The number of ether oxygens (including phenoxy) is 1. The van der Waals surface area contributed by atoms with Crippen LogP contribution in [0.5, 0.6) is 0 Å². The largest absolute Gasteiger partial charge is 0.461 e. The fourth-order valence-electron chi connectivity index (χ4n) is 1.50. The first-order valence-corrected chi connectivity index (χ1v) is 5.68. The Balaban J connectivity index is 3.43. The fraction of sp³-hybridized carbons (Fsp3) is 0.250. The van der Waals surface area contributed by atoms with Crippen molar-refractivity contribution in [2.24, 2.45) is 0 Å². The molecule has 0 aliphatic carbocycles. The van der Waals surface area contributed by atoms with Crippen LogP contribution in [0.15, 0.2) is 18.2 Å². The molecule has 0 fully saturated rings. The molecule has 0 heterocycles. The third-order valence-corrected chi connectivity index (χ3v) is 2.60. The van der Waals surface area contributed by atoms with Crippen molar-refractivity contribution in [3.05, 3.63) is 23.2 Å². The molecule has 0 saturated carbocycles. The van der Waals surface area contributed by atoms with Crippen LogP contribution in [-0.2, 0) is 19.2 Å². The number of anilines is 1. The zero-order valence-corrected chi connectivity index (χ0v) is 11.5. The lowest BCUT2D eigenvalue weighted by atomic mass is 10.2. The quantitative estimate of drug-likeness (QED) is 0.294. The Morgan fingerprint density at radius 1 is 1.42 bits per heavy atom. The van der Waals surface area contributed by atoms with Gasteiger partial charge in [-0.1, -0.05) is 11.6 Å². The van der Waals surface area contributed by atoms with Crippen LogP contribution < -0.4 is 5.32 Å². The van der Waals surface area contributed by atoms with Crippen molar-refractivity contribution in [3.8, 4) is 0 Å². The van der Waals surface area contributed by atoms with E-state index in [-0.39, 0.29) is 5.71 Å². The molecule has 1 N–H and O–H groups in total. The number of esters is 1. The molecule has 0 radical (unpaired) electrons. The molecule has 0 atom stereocenters. The molecule has 102 valence electrons. The fourth-order valence-corrected chi connectivity index (χ4v) is 1.67. The average Bonchev–Trinajstić information content (AvgIpc) is 2.41. The number of rotatable bonds is 5. The SMILES string of the molecule is COC(=O)/C(C)=[N+](\OC)c1cc(Cl)ccc1NC=O. The molecule has 0 spiro atoms. The van der Waals surface area contributed by atoms with E-state index in [1.54, 1.807) is 18.2 Å². The van der Waals surface area contributed by atoms with Gasteiger partial charge in [0.25, 0.3) is 5.69 Å². The second kappa shape index (κ2) is 6.75. The highest BCUT2D eigenvalue weighted by Crippen LogP contribution is 2.28. The molecule has 0 bridgehead atoms. The van der Waals surface area contributed by atoms with Crippen molar-refractivity contribution in [1.82, 2.24) is 0 Å². The summed E-state index contributed by atoms with van der Waals surface area (Å²) in [7, 11) is 2.65. The molecule has 0 saturated heterocycles. The van der Waals surface area contributed by atoms with Crippen LogP contribution >= 0.6 is 11.6 Å². The van der Waals surface area contributed by atoms with E-state index in [1.165, 1.54) is 25.9 Å². The maximum atomic E-state index is 11.5. The Bertz CT molecular complexity index is 528. The molecule has 0 aliphatic rings. The maximum Gasteiger partial charge on any atom is 0.403 e. The summed E-state index contributed by atoms with van der Waals surface area (Å²) in [4.78, 5) is 27.3. The highest BCUT2D eigenvalue weighted by Gasteiger charge is 2.26. The summed E-state index contributed by atoms with van der Waals surface area (Å²) >= 11 is 5.91. The van der Waals surface area contributed by atoms with Crippen molar-refractivity contribution >= 4 is 41.1 Å². The number of methoxy groups -OCH3 is 1. The Labute approximate surface area is 115 Å². The summed E-state index contributed by atoms with van der Waals surface area (Å²) in [5.41, 5.74) is 1.07. The molecule has 1 rings (SSSR count). The van der Waals surface area contributed by atoms with E-state index in [0.29, 0.717) is 22.8 Å². The maximum absolute atomic E-state index is 11.5. The summed E-state index contributed by atoms with van der Waals surface area (Å²) < 4.78 is 5.85. The lowest BCUT2D eigenvalue weighted by Crippen LogP contribution is -2.23. The van der Waals surface area contributed by atoms with Gasteiger partial charge in [-0.15, -0.1) is 0 Å². The van der Waals surface area contributed by atoms with Gasteiger partial charge in [-0.3, -0.25) is 9.63 Å². The second-order valence-corrected chi connectivity index (χ2v) is 3.91. The van der Waals surface area contributed by atoms with E-state index >= 15 is 0 Å². The van der Waals surface area contributed by atoms with E-state index in [1.807, 2.05) is 0 Å². The predicted octanol–water partition coefficient (Wildman–Crippen LogP) is 1.75. The van der Waals surface area contributed by atoms with Gasteiger partial charge >= 0.3 is 11.7 Å². The summed E-state index contributed by atoms with van der Waals surface area (Å²) in [5.74, 6) is -0.557. The topological polar surface area (TPSA) is 67.6 Å². The number of hydrogen-bond acceptors (Lipinski definition) is 4. The normalized spacial score (nSPS) is 11.4. The van der Waals surface area contributed by atoms with Gasteiger partial charge in [0.1, 0.15) is 12.8 Å². The monoisotopic (exact) mass is 285 g/mol. The van der Waals surface area contributed by atoms with Crippen LogP contribution in [0, 0.1) is 0 Å². The molecular weight excluding hydrogens is 272 g/mol. The van der Waals surface area contributed by atoms with Gasteiger partial charge in [0.15, 0.2) is 0 Å². The minimum atomic E-state index is -0.557. The number of nitrogens with one attached hydrogen (secondary N) is 1. The van der Waals surface area contributed by atoms with E-state index in [0.717, 1.165) is 0 Å². The highest BCUT2D eigenvalue weighted by molar-refractivity contribution is 6.33. The summed E-state index contributed by atoms with van der Waals surface area (Å²) in [5, 5.41) is 2.94. The highest BCUT2D eigenvalue weighted by atomic mass is 35.5. The molecule has 0 unspecified atom stereocenters. The van der Waals surface area contributed by atoms with Crippen molar-refractivity contribution in [1.29, 1.82) is 0 Å². The number of carbonyl (C=O) groups excluding carboxylic acids is 2. The molecule has 6 nitrogen and oxygen atoms in total. The van der Waals surface area contributed by atoms with Gasteiger partial charge < -0.3 is 10.1 Å². The van der Waals surface area contributed by atoms with Crippen LogP contribution in [0.25, 0.3) is 0 Å². The first-order chi connectivity index (χ1) is 9.04. The number of hydrogen-bond donors (Lipinski definition) is 1. The standard InChI is InChI=1S/C12H13ClN2O4/c1-8(12(17)18-2)15(19-3)11-6-9(13)4-5-10(11)14-7-16/h4-7H,1-3H3/p+1. The molecule has 7 heteroatoms. The van der Waals surface area contributed by atoms with Gasteiger partial charge in [0, 0.05) is 22.8 Å². The second-order valence-electron chi connectivity index (χ2n) is 3.48. The van der Waals surface area contributed by atoms with Crippen molar-refractivity contribution in [2.75, 3.05) is 19.5 Å². The average molecular weight is 286 g/mol. The van der Waals surface area contributed by atoms with Crippen LogP contribution in [-0.4, -0.2) is 37.0 Å². The summed E-state index contributed by atoms with van der Waals surface area (Å²) in [6.07, 6.45) is 0.522. The van der Waals surface area contributed by atoms with Crippen LogP contribution in [0.3, 0.4) is 0 Å². The van der Waals surface area contributed by atoms with E-state index in [4.69, 9.17) is 16.4 Å². The zero-order chi connectivity index (χ0) is 14.4. The number of amides is 1. The zero-order valence-electron chi connectivity index (χ0n) is 10.8. The number of benzene rings is 1. The van der Waals surface area contributed by atoms with E-state index in [2.05, 4.69) is 10.1 Å². The smallest absolute Gasteiger partial charge is 0.403 e. The van der Waals surface area contributed by atoms with Gasteiger partial charge in [-0.2, -0.15) is 0 Å². The Hall–Kier alpha value is -2.08. The molecule has 1 aromatic rings. The number of nitrogens with zero attached hydrogens (tertiary/aromatic N) is 1. The molecular formula is C12H14ClN2O4+. The third kappa shape index (κ3) is 3.45. The Morgan fingerprint density at radius 2 is 2.11 bits per heavy atom. The summed E-state index contributed by atoms with van der Waals surface area (Å²) in [6, 6.07) is 4.77. The van der Waals surface area contributed by atoms with Gasteiger partial charge in [-0.05, 0) is 12.1 Å². The number of carbonyl (C=O) groups is 2. The molecule has 0 aromatic heterocycles. The van der Waals surface area contributed by atoms with Gasteiger partial charge in [0.05, 0.1) is 7.11 Å². The van der Waals surface area contributed by atoms with Crippen LogP contribution in [0.1, 0.15) is 6.92 Å². The lowest BCUT2D eigenvalue weighted by Gasteiger charge is -2.06. The molecule has 19 heavy (non-hydrogen) atoms. The van der Waals surface area contributed by atoms with E-state index < -0.39 is 5.97 Å². The lowest BCUT2D eigenvalue weighted by molar-refractivity contribution is -0.719. The predicted molar refractivity (Wildman–Crippen MR) is 70.8 cm³/mol. The van der Waals surface area contributed by atoms with Gasteiger partial charge in [0.2, 0.25) is 6.41 Å². The first kappa shape index (κ1) is 15.0. The van der Waals surface area contributed by atoms with Crippen molar-refractivity contribution in [3.63, 3.8) is 0 Å². The van der Waals surface area contributed by atoms with Crippen LogP contribution in [0.2, 0.25) is 5.02 Å². The minimum absolute atomic E-state index is 0.196. The first-order valence-electron chi connectivity index (χ1n) is 5.31. The number of halogens is 1. The van der Waals surface area contributed by atoms with E-state index in [9.17, 15) is 9.59 Å². The Morgan fingerprint density at radius 3 is 2.63 bits per heavy atom. The van der Waals surface area contributed by atoms with Gasteiger partial charge in [-0.25, -0.2) is 4.79 Å². The molecule has 1 amide bonds.